The largest absolute Gasteiger partial charge is 0.350 e. The molecule has 0 radical (unpaired) electrons. The molecule has 3 aromatic rings. The molecule has 1 heterocycles. The van der Waals surface area contributed by atoms with E-state index in [-0.39, 0.29) is 5.91 Å². The molecule has 0 spiro atoms. The highest BCUT2D eigenvalue weighted by Crippen LogP contribution is 2.20. The number of aryl methyl sites for hydroxylation is 1. The Hall–Kier alpha value is -2.40. The molecular weight excluding hydrogens is 342 g/mol. The van der Waals surface area contributed by atoms with Crippen molar-refractivity contribution in [2.45, 2.75) is 0 Å². The Labute approximate surface area is 136 Å². The van der Waals surface area contributed by atoms with Gasteiger partial charge in [0.2, 0.25) is 0 Å². The van der Waals surface area contributed by atoms with Crippen LogP contribution >= 0.6 is 15.9 Å². The Balaban J connectivity index is 1.78. The first-order chi connectivity index (χ1) is 10.6. The predicted molar refractivity (Wildman–Crippen MR) is 92.1 cm³/mol. The summed E-state index contributed by atoms with van der Waals surface area (Å²) in [5.41, 5.74) is 5.13. The lowest BCUT2D eigenvalue weighted by molar-refractivity contribution is 0.0956. The summed E-state index contributed by atoms with van der Waals surface area (Å²) in [6.07, 6.45) is 3.44. The van der Waals surface area contributed by atoms with Crippen molar-refractivity contribution in [2.75, 3.05) is 0 Å². The van der Waals surface area contributed by atoms with Crippen LogP contribution in [-0.4, -0.2) is 16.7 Å². The summed E-state index contributed by atoms with van der Waals surface area (Å²) in [5, 5.41) is 4.93. The monoisotopic (exact) mass is 355 g/mol. The van der Waals surface area contributed by atoms with Crippen LogP contribution in [0.4, 0.5) is 0 Å². The van der Waals surface area contributed by atoms with E-state index >= 15 is 0 Å². The normalized spacial score (nSPS) is 11.2. The number of nitrogens with one attached hydrogen (secondary N) is 1. The number of halogens is 1. The Morgan fingerprint density at radius 2 is 1.91 bits per heavy atom. The first-order valence-electron chi connectivity index (χ1n) is 6.78. The van der Waals surface area contributed by atoms with Crippen LogP contribution in [0.3, 0.4) is 0 Å². The highest BCUT2D eigenvalue weighted by atomic mass is 79.9. The van der Waals surface area contributed by atoms with Crippen molar-refractivity contribution in [1.82, 2.24) is 9.99 Å². The second-order valence-electron chi connectivity index (χ2n) is 4.92. The molecular formula is C17H14BrN3O. The number of amides is 1. The van der Waals surface area contributed by atoms with E-state index in [9.17, 15) is 4.79 Å². The van der Waals surface area contributed by atoms with Gasteiger partial charge in [0.25, 0.3) is 5.91 Å². The van der Waals surface area contributed by atoms with Gasteiger partial charge in [0, 0.05) is 28.6 Å². The van der Waals surface area contributed by atoms with Crippen molar-refractivity contribution < 1.29 is 4.79 Å². The molecule has 22 heavy (non-hydrogen) atoms. The van der Waals surface area contributed by atoms with Crippen molar-refractivity contribution in [3.05, 3.63) is 70.3 Å². The lowest BCUT2D eigenvalue weighted by Crippen LogP contribution is -2.17. The van der Waals surface area contributed by atoms with E-state index in [1.54, 1.807) is 6.21 Å². The van der Waals surface area contributed by atoms with Gasteiger partial charge in [-0.05, 0) is 23.8 Å². The van der Waals surface area contributed by atoms with Crippen molar-refractivity contribution in [3.63, 3.8) is 0 Å². The molecule has 0 saturated heterocycles. The Kier molecular flexibility index (Phi) is 4.06. The van der Waals surface area contributed by atoms with Crippen LogP contribution in [0.1, 0.15) is 15.9 Å². The van der Waals surface area contributed by atoms with E-state index < -0.39 is 0 Å². The fourth-order valence-electron chi connectivity index (χ4n) is 2.30. The SMILES string of the molecule is Cn1cc(C(=O)NN=Cc2ccc(Br)cc2)c2ccccc21. The molecule has 110 valence electrons. The van der Waals surface area contributed by atoms with Crippen molar-refractivity contribution >= 4 is 39.0 Å². The summed E-state index contributed by atoms with van der Waals surface area (Å²) >= 11 is 3.38. The van der Waals surface area contributed by atoms with Crippen molar-refractivity contribution in [2.24, 2.45) is 12.1 Å². The zero-order valence-electron chi connectivity index (χ0n) is 12.0. The molecule has 1 amide bonds. The van der Waals surface area contributed by atoms with Crippen molar-refractivity contribution in [3.8, 4) is 0 Å². The summed E-state index contributed by atoms with van der Waals surface area (Å²) < 4.78 is 2.94. The number of hydrazone groups is 1. The number of aromatic nitrogens is 1. The lowest BCUT2D eigenvalue weighted by Gasteiger charge is -1.98. The highest BCUT2D eigenvalue weighted by Gasteiger charge is 2.12. The van der Waals surface area contributed by atoms with Gasteiger partial charge in [-0.15, -0.1) is 0 Å². The minimum absolute atomic E-state index is 0.217. The van der Waals surface area contributed by atoms with E-state index in [1.165, 1.54) is 0 Å². The maximum absolute atomic E-state index is 12.3. The molecule has 2 aromatic carbocycles. The van der Waals surface area contributed by atoms with E-state index in [0.717, 1.165) is 20.9 Å². The van der Waals surface area contributed by atoms with E-state index in [2.05, 4.69) is 26.5 Å². The summed E-state index contributed by atoms with van der Waals surface area (Å²) in [5.74, 6) is -0.217. The first kappa shape index (κ1) is 14.5. The smallest absolute Gasteiger partial charge is 0.273 e. The number of carbonyl (C=O) groups excluding carboxylic acids is 1. The molecule has 1 N–H and O–H groups in total. The fourth-order valence-corrected chi connectivity index (χ4v) is 2.56. The number of rotatable bonds is 3. The number of benzene rings is 2. The van der Waals surface area contributed by atoms with Crippen LogP contribution in [0.2, 0.25) is 0 Å². The van der Waals surface area contributed by atoms with Gasteiger partial charge in [0.05, 0.1) is 11.8 Å². The molecule has 0 aliphatic carbocycles. The maximum Gasteiger partial charge on any atom is 0.273 e. The third-order valence-electron chi connectivity index (χ3n) is 3.39. The number of hydrogen-bond donors (Lipinski definition) is 1. The number of hydrogen-bond acceptors (Lipinski definition) is 2. The minimum atomic E-state index is -0.217. The van der Waals surface area contributed by atoms with Gasteiger partial charge in [0.15, 0.2) is 0 Å². The molecule has 0 atom stereocenters. The molecule has 0 saturated carbocycles. The summed E-state index contributed by atoms with van der Waals surface area (Å²) in [6.45, 7) is 0. The third kappa shape index (κ3) is 2.94. The lowest BCUT2D eigenvalue weighted by atomic mass is 10.2. The Morgan fingerprint density at radius 3 is 2.68 bits per heavy atom. The standard InChI is InChI=1S/C17H14BrN3O/c1-21-11-15(14-4-2-3-5-16(14)21)17(22)20-19-10-12-6-8-13(18)9-7-12/h2-11H,1H3,(H,20,22). The first-order valence-corrected chi connectivity index (χ1v) is 7.57. The van der Waals surface area contributed by atoms with Gasteiger partial charge in [-0.25, -0.2) is 5.43 Å². The summed E-state index contributed by atoms with van der Waals surface area (Å²) in [7, 11) is 1.92. The van der Waals surface area contributed by atoms with Gasteiger partial charge in [-0.3, -0.25) is 4.79 Å². The van der Waals surface area contributed by atoms with Crippen LogP contribution in [0, 0.1) is 0 Å². The molecule has 0 aliphatic heterocycles. The van der Waals surface area contributed by atoms with Gasteiger partial charge in [-0.2, -0.15) is 5.10 Å². The average molecular weight is 356 g/mol. The maximum atomic E-state index is 12.3. The van der Waals surface area contributed by atoms with Crippen LogP contribution in [-0.2, 0) is 7.05 Å². The second kappa shape index (κ2) is 6.15. The molecule has 0 bridgehead atoms. The topological polar surface area (TPSA) is 46.4 Å². The third-order valence-corrected chi connectivity index (χ3v) is 3.92. The number of carbonyl (C=O) groups is 1. The molecule has 3 rings (SSSR count). The van der Waals surface area contributed by atoms with Crippen LogP contribution < -0.4 is 5.43 Å². The predicted octanol–water partition coefficient (Wildman–Crippen LogP) is 3.70. The van der Waals surface area contributed by atoms with Crippen molar-refractivity contribution in [1.29, 1.82) is 0 Å². The molecule has 1 aromatic heterocycles. The molecule has 0 aliphatic rings. The number of para-hydroxylation sites is 1. The Morgan fingerprint density at radius 1 is 1.18 bits per heavy atom. The summed E-state index contributed by atoms with van der Waals surface area (Å²) in [6, 6.07) is 15.5. The van der Waals surface area contributed by atoms with E-state index in [0.29, 0.717) is 5.56 Å². The number of nitrogens with zero attached hydrogens (tertiary/aromatic N) is 2. The molecule has 0 unspecified atom stereocenters. The van der Waals surface area contributed by atoms with Crippen LogP contribution in [0.5, 0.6) is 0 Å². The zero-order chi connectivity index (χ0) is 15.5. The van der Waals surface area contributed by atoms with Gasteiger partial charge >= 0.3 is 0 Å². The van der Waals surface area contributed by atoms with E-state index in [4.69, 9.17) is 0 Å². The average Bonchev–Trinajstić information content (AvgIpc) is 2.87. The summed E-state index contributed by atoms with van der Waals surface area (Å²) in [4.78, 5) is 12.3. The van der Waals surface area contributed by atoms with Crippen LogP contribution in [0.15, 0.2) is 64.3 Å². The Bertz CT molecular complexity index is 850. The molecule has 5 heteroatoms. The molecule has 4 nitrogen and oxygen atoms in total. The van der Waals surface area contributed by atoms with Crippen LogP contribution in [0.25, 0.3) is 10.9 Å². The van der Waals surface area contributed by atoms with E-state index in [1.807, 2.05) is 66.3 Å². The molecule has 0 fully saturated rings. The zero-order valence-corrected chi connectivity index (χ0v) is 13.5. The van der Waals surface area contributed by atoms with Gasteiger partial charge in [-0.1, -0.05) is 46.3 Å². The highest BCUT2D eigenvalue weighted by molar-refractivity contribution is 9.10. The second-order valence-corrected chi connectivity index (χ2v) is 5.84. The fraction of sp³-hybridized carbons (Fsp3) is 0.0588. The minimum Gasteiger partial charge on any atom is -0.350 e. The van der Waals surface area contributed by atoms with Gasteiger partial charge < -0.3 is 4.57 Å². The quantitative estimate of drug-likeness (QED) is 0.565. The number of fused-ring (bicyclic) bond motifs is 1. The van der Waals surface area contributed by atoms with Gasteiger partial charge in [0.1, 0.15) is 0 Å².